The molecule has 28 heavy (non-hydrogen) atoms. The minimum atomic E-state index is -0.675. The van der Waals surface area contributed by atoms with Gasteiger partial charge in [0.05, 0.1) is 0 Å². The highest BCUT2D eigenvalue weighted by Crippen LogP contribution is 2.23. The lowest BCUT2D eigenvalue weighted by Gasteiger charge is -2.40. The summed E-state index contributed by atoms with van der Waals surface area (Å²) in [6.45, 7) is 5.82. The third kappa shape index (κ3) is 6.86. The van der Waals surface area contributed by atoms with Gasteiger partial charge in [0.25, 0.3) is 0 Å². The third-order valence-electron chi connectivity index (χ3n) is 5.63. The largest absolute Gasteiger partial charge is 0.295 e. The first-order valence-electron chi connectivity index (χ1n) is 10.5. The fourth-order valence-corrected chi connectivity index (χ4v) is 3.58. The number of benzene rings is 1. The highest BCUT2D eigenvalue weighted by atomic mass is 16.2. The third-order valence-corrected chi connectivity index (χ3v) is 5.63. The SMILES string of the molecule is CC(C)(CCN1CCCCN1C(=O)CCCCCc1ccccc1)C(=O)C=O. The lowest BCUT2D eigenvalue weighted by Crippen LogP contribution is -2.51. The van der Waals surface area contributed by atoms with Crippen LogP contribution in [0, 0.1) is 5.41 Å². The van der Waals surface area contributed by atoms with Crippen molar-refractivity contribution in [2.75, 3.05) is 19.6 Å². The number of hydrogen-bond donors (Lipinski definition) is 0. The van der Waals surface area contributed by atoms with Gasteiger partial charge in [0.15, 0.2) is 6.29 Å². The van der Waals surface area contributed by atoms with E-state index in [4.69, 9.17) is 0 Å². The number of aldehydes is 1. The number of amides is 1. The van der Waals surface area contributed by atoms with Crippen molar-refractivity contribution in [3.8, 4) is 0 Å². The molecule has 0 unspecified atom stereocenters. The standard InChI is InChI=1S/C23H34N2O3/c1-23(2,21(27)19-26)15-18-24-16-9-10-17-25(24)22(28)14-8-4-7-13-20-11-5-3-6-12-20/h3,5-6,11-12,19H,4,7-10,13-18H2,1-2H3. The van der Waals surface area contributed by atoms with Crippen molar-refractivity contribution in [2.24, 2.45) is 5.41 Å². The predicted molar refractivity (Wildman–Crippen MR) is 111 cm³/mol. The van der Waals surface area contributed by atoms with Gasteiger partial charge in [0.2, 0.25) is 11.7 Å². The van der Waals surface area contributed by atoms with E-state index in [-0.39, 0.29) is 11.7 Å². The molecule has 1 amide bonds. The summed E-state index contributed by atoms with van der Waals surface area (Å²) in [7, 11) is 0. The van der Waals surface area contributed by atoms with Gasteiger partial charge in [0.1, 0.15) is 0 Å². The Kier molecular flexibility index (Phi) is 8.84. The fourth-order valence-electron chi connectivity index (χ4n) is 3.58. The maximum absolute atomic E-state index is 12.7. The van der Waals surface area contributed by atoms with Crippen LogP contribution in [0.5, 0.6) is 0 Å². The summed E-state index contributed by atoms with van der Waals surface area (Å²) in [4.78, 5) is 35.3. The summed E-state index contributed by atoms with van der Waals surface area (Å²) in [5.41, 5.74) is 0.675. The molecule has 1 aliphatic heterocycles. The number of Topliss-reactive ketones (excluding diaryl/α,β-unsaturated/α-hetero) is 1. The average molecular weight is 387 g/mol. The van der Waals surface area contributed by atoms with Crippen LogP contribution in [0.1, 0.15) is 64.4 Å². The zero-order chi connectivity index (χ0) is 20.4. The molecule has 154 valence electrons. The highest BCUT2D eigenvalue weighted by Gasteiger charge is 2.30. The van der Waals surface area contributed by atoms with Crippen LogP contribution >= 0.6 is 0 Å². The molecule has 0 spiro atoms. The molecule has 1 fully saturated rings. The maximum Gasteiger partial charge on any atom is 0.236 e. The van der Waals surface area contributed by atoms with Crippen molar-refractivity contribution in [2.45, 2.75) is 65.2 Å². The number of carbonyl (C=O) groups is 3. The number of hydrogen-bond acceptors (Lipinski definition) is 4. The summed E-state index contributed by atoms with van der Waals surface area (Å²) in [6.07, 6.45) is 7.76. The number of carbonyl (C=O) groups excluding carboxylic acids is 3. The van der Waals surface area contributed by atoms with E-state index in [1.807, 2.05) is 11.1 Å². The summed E-state index contributed by atoms with van der Waals surface area (Å²) in [5, 5.41) is 3.96. The van der Waals surface area contributed by atoms with Crippen LogP contribution in [0.2, 0.25) is 0 Å². The molecule has 1 aromatic carbocycles. The van der Waals surface area contributed by atoms with E-state index in [0.29, 0.717) is 25.7 Å². The molecule has 5 nitrogen and oxygen atoms in total. The lowest BCUT2D eigenvalue weighted by atomic mass is 9.85. The van der Waals surface area contributed by atoms with Crippen LogP contribution in [-0.2, 0) is 20.8 Å². The Labute approximate surface area is 169 Å². The number of ketones is 1. The van der Waals surface area contributed by atoms with E-state index in [2.05, 4.69) is 29.3 Å². The van der Waals surface area contributed by atoms with Gasteiger partial charge in [-0.25, -0.2) is 5.01 Å². The minimum Gasteiger partial charge on any atom is -0.295 e. The molecule has 0 aromatic heterocycles. The Morgan fingerprint density at radius 3 is 2.46 bits per heavy atom. The molecule has 1 aliphatic rings. The molecule has 2 rings (SSSR count). The smallest absolute Gasteiger partial charge is 0.236 e. The van der Waals surface area contributed by atoms with E-state index in [0.717, 1.165) is 51.6 Å². The van der Waals surface area contributed by atoms with Crippen LogP contribution in [0.3, 0.4) is 0 Å². The Bertz CT molecular complexity index is 643. The Balaban J connectivity index is 1.74. The molecule has 0 aliphatic carbocycles. The number of hydrazine groups is 1. The molecule has 0 bridgehead atoms. The summed E-state index contributed by atoms with van der Waals surface area (Å²) in [5.74, 6) is -0.195. The zero-order valence-electron chi connectivity index (χ0n) is 17.4. The van der Waals surface area contributed by atoms with E-state index in [9.17, 15) is 14.4 Å². The fraction of sp³-hybridized carbons (Fsp3) is 0.609. The Morgan fingerprint density at radius 2 is 1.75 bits per heavy atom. The molecular weight excluding hydrogens is 352 g/mol. The van der Waals surface area contributed by atoms with Crippen molar-refractivity contribution in [1.82, 2.24) is 10.0 Å². The van der Waals surface area contributed by atoms with E-state index in [1.165, 1.54) is 5.56 Å². The molecule has 1 heterocycles. The molecule has 0 N–H and O–H groups in total. The highest BCUT2D eigenvalue weighted by molar-refractivity contribution is 6.27. The van der Waals surface area contributed by atoms with Crippen molar-refractivity contribution in [3.63, 3.8) is 0 Å². The van der Waals surface area contributed by atoms with Crippen LogP contribution < -0.4 is 0 Å². The molecule has 1 aromatic rings. The Hall–Kier alpha value is -2.01. The second-order valence-corrected chi connectivity index (χ2v) is 8.34. The van der Waals surface area contributed by atoms with E-state index < -0.39 is 5.41 Å². The summed E-state index contributed by atoms with van der Waals surface area (Å²) < 4.78 is 0. The topological polar surface area (TPSA) is 57.7 Å². The van der Waals surface area contributed by atoms with Crippen molar-refractivity contribution < 1.29 is 14.4 Å². The first-order valence-corrected chi connectivity index (χ1v) is 10.5. The number of rotatable bonds is 11. The van der Waals surface area contributed by atoms with Crippen LogP contribution in [0.4, 0.5) is 0 Å². The zero-order valence-corrected chi connectivity index (χ0v) is 17.4. The van der Waals surface area contributed by atoms with Crippen molar-refractivity contribution in [3.05, 3.63) is 35.9 Å². The van der Waals surface area contributed by atoms with Gasteiger partial charge < -0.3 is 0 Å². The van der Waals surface area contributed by atoms with Gasteiger partial charge in [-0.05, 0) is 44.1 Å². The molecule has 1 saturated heterocycles. The van der Waals surface area contributed by atoms with E-state index in [1.54, 1.807) is 13.8 Å². The first kappa shape index (κ1) is 22.3. The number of nitrogens with zero attached hydrogens (tertiary/aromatic N) is 2. The van der Waals surface area contributed by atoms with Gasteiger partial charge in [-0.15, -0.1) is 0 Å². The minimum absolute atomic E-state index is 0.180. The average Bonchev–Trinajstić information content (AvgIpc) is 2.72. The quantitative estimate of drug-likeness (QED) is 0.330. The molecule has 0 radical (unpaired) electrons. The molecule has 5 heteroatoms. The summed E-state index contributed by atoms with van der Waals surface area (Å²) >= 11 is 0. The normalized spacial score (nSPS) is 15.4. The van der Waals surface area contributed by atoms with Gasteiger partial charge in [0, 0.05) is 31.5 Å². The number of aryl methyl sites for hydroxylation is 1. The molecule has 0 atom stereocenters. The van der Waals surface area contributed by atoms with E-state index >= 15 is 0 Å². The molecule has 0 saturated carbocycles. The van der Waals surface area contributed by atoms with Gasteiger partial charge in [-0.3, -0.25) is 19.4 Å². The number of unbranched alkanes of at least 4 members (excludes halogenated alkanes) is 2. The van der Waals surface area contributed by atoms with Crippen LogP contribution in [0.25, 0.3) is 0 Å². The molecular formula is C23H34N2O3. The van der Waals surface area contributed by atoms with Crippen molar-refractivity contribution in [1.29, 1.82) is 0 Å². The maximum atomic E-state index is 12.7. The lowest BCUT2D eigenvalue weighted by molar-refractivity contribution is -0.154. The second-order valence-electron chi connectivity index (χ2n) is 8.34. The predicted octanol–water partition coefficient (Wildman–Crippen LogP) is 3.81. The van der Waals surface area contributed by atoms with Crippen LogP contribution in [0.15, 0.2) is 30.3 Å². The van der Waals surface area contributed by atoms with Gasteiger partial charge in [-0.2, -0.15) is 0 Å². The Morgan fingerprint density at radius 1 is 1.04 bits per heavy atom. The van der Waals surface area contributed by atoms with Gasteiger partial charge in [-0.1, -0.05) is 50.6 Å². The van der Waals surface area contributed by atoms with Gasteiger partial charge >= 0.3 is 0 Å². The van der Waals surface area contributed by atoms with Crippen molar-refractivity contribution >= 4 is 18.0 Å². The summed E-state index contributed by atoms with van der Waals surface area (Å²) in [6, 6.07) is 10.4. The second kappa shape index (κ2) is 11.1. The van der Waals surface area contributed by atoms with Crippen LogP contribution in [-0.4, -0.2) is 47.6 Å². The first-order chi connectivity index (χ1) is 13.4. The monoisotopic (exact) mass is 386 g/mol.